The molecular formula is C11H12F3N3O3. The molecule has 0 aromatic heterocycles. The lowest BCUT2D eigenvalue weighted by molar-refractivity contribution is -0.137. The van der Waals surface area contributed by atoms with Gasteiger partial charge in [-0.3, -0.25) is 0 Å². The lowest BCUT2D eigenvalue weighted by atomic mass is 10.0. The van der Waals surface area contributed by atoms with Crippen molar-refractivity contribution < 1.29 is 28.1 Å². The Kier molecular flexibility index (Phi) is 5.20. The number of methoxy groups -OCH3 is 1. The van der Waals surface area contributed by atoms with Gasteiger partial charge in [0.15, 0.2) is 0 Å². The van der Waals surface area contributed by atoms with Gasteiger partial charge in [0.25, 0.3) is 0 Å². The maximum atomic E-state index is 12.5. The number of hydrogen-bond acceptors (Lipinski definition) is 4. The van der Waals surface area contributed by atoms with Gasteiger partial charge in [-0.05, 0) is 17.7 Å². The van der Waals surface area contributed by atoms with E-state index in [2.05, 4.69) is 10.0 Å². The predicted octanol–water partition coefficient (Wildman–Crippen LogP) is 2.42. The van der Waals surface area contributed by atoms with Crippen molar-refractivity contribution in [3.8, 4) is 5.75 Å². The first kappa shape index (κ1) is 16.1. The molecule has 0 saturated carbocycles. The Morgan fingerprint density at radius 3 is 2.55 bits per heavy atom. The van der Waals surface area contributed by atoms with E-state index in [1.54, 1.807) is 0 Å². The minimum Gasteiger partial charge on any atom is -0.496 e. The number of alkyl halides is 3. The van der Waals surface area contributed by atoms with Gasteiger partial charge >= 0.3 is 6.18 Å². The number of hydrogen-bond donors (Lipinski definition) is 2. The van der Waals surface area contributed by atoms with E-state index in [1.165, 1.54) is 0 Å². The average Bonchev–Trinajstić information content (AvgIpc) is 2.42. The summed E-state index contributed by atoms with van der Waals surface area (Å²) in [6.07, 6.45) is -7.52. The number of azide groups is 1. The summed E-state index contributed by atoms with van der Waals surface area (Å²) in [6, 6.07) is 2.49. The summed E-state index contributed by atoms with van der Waals surface area (Å²) < 4.78 is 42.4. The van der Waals surface area contributed by atoms with Crippen molar-refractivity contribution in [1.82, 2.24) is 0 Å². The molecule has 0 amide bonds. The fourth-order valence-electron chi connectivity index (χ4n) is 1.56. The van der Waals surface area contributed by atoms with Gasteiger partial charge in [-0.1, -0.05) is 11.2 Å². The lowest BCUT2D eigenvalue weighted by Crippen LogP contribution is -2.22. The number of halogens is 3. The van der Waals surface area contributed by atoms with Crippen LogP contribution >= 0.6 is 0 Å². The van der Waals surface area contributed by atoms with Crippen LogP contribution in [-0.4, -0.2) is 30.0 Å². The normalized spacial score (nSPS) is 14.3. The summed E-state index contributed by atoms with van der Waals surface area (Å²) in [7, 11) is 1.14. The first-order valence-electron chi connectivity index (χ1n) is 5.43. The molecule has 6 nitrogen and oxygen atoms in total. The third kappa shape index (κ3) is 3.77. The van der Waals surface area contributed by atoms with Crippen LogP contribution in [0, 0.1) is 0 Å². The van der Waals surface area contributed by atoms with Gasteiger partial charge < -0.3 is 14.9 Å². The highest BCUT2D eigenvalue weighted by molar-refractivity contribution is 5.40. The zero-order valence-corrected chi connectivity index (χ0v) is 10.4. The van der Waals surface area contributed by atoms with Crippen molar-refractivity contribution in [2.45, 2.75) is 18.4 Å². The van der Waals surface area contributed by atoms with E-state index in [9.17, 15) is 23.4 Å². The summed E-state index contributed by atoms with van der Waals surface area (Å²) in [5.74, 6) is -0.215. The number of benzene rings is 1. The molecule has 1 rings (SSSR count). The molecule has 0 bridgehead atoms. The molecule has 0 radical (unpaired) electrons. The second-order valence-electron chi connectivity index (χ2n) is 3.88. The third-order valence-electron chi connectivity index (χ3n) is 2.58. The molecule has 0 aliphatic rings. The van der Waals surface area contributed by atoms with Crippen LogP contribution in [0.3, 0.4) is 0 Å². The minimum absolute atomic E-state index is 0.0267. The van der Waals surface area contributed by atoms with Crippen LogP contribution in [0.15, 0.2) is 23.3 Å². The van der Waals surface area contributed by atoms with Crippen molar-refractivity contribution in [2.24, 2.45) is 5.11 Å². The second-order valence-corrected chi connectivity index (χ2v) is 3.88. The lowest BCUT2D eigenvalue weighted by Gasteiger charge is -2.20. The van der Waals surface area contributed by atoms with Crippen molar-refractivity contribution in [1.29, 1.82) is 0 Å². The van der Waals surface area contributed by atoms with Crippen molar-refractivity contribution >= 4 is 0 Å². The Morgan fingerprint density at radius 2 is 2.05 bits per heavy atom. The molecule has 0 aliphatic heterocycles. The summed E-state index contributed by atoms with van der Waals surface area (Å²) in [5, 5.41) is 22.5. The first-order chi connectivity index (χ1) is 9.31. The van der Waals surface area contributed by atoms with Crippen molar-refractivity contribution in [2.75, 3.05) is 13.7 Å². The molecule has 1 aromatic rings. The maximum absolute atomic E-state index is 12.5. The monoisotopic (exact) mass is 291 g/mol. The van der Waals surface area contributed by atoms with Gasteiger partial charge in [0, 0.05) is 10.5 Å². The molecule has 0 fully saturated rings. The topological polar surface area (TPSA) is 98.5 Å². The van der Waals surface area contributed by atoms with Crippen LogP contribution < -0.4 is 4.74 Å². The molecule has 110 valence electrons. The molecule has 2 unspecified atom stereocenters. The van der Waals surface area contributed by atoms with Gasteiger partial charge in [-0.15, -0.1) is 0 Å². The maximum Gasteiger partial charge on any atom is 0.416 e. The fraction of sp³-hybridized carbons (Fsp3) is 0.455. The highest BCUT2D eigenvalue weighted by atomic mass is 19.4. The van der Waals surface area contributed by atoms with E-state index in [1.807, 2.05) is 0 Å². The van der Waals surface area contributed by atoms with Crippen LogP contribution in [0.1, 0.15) is 17.2 Å². The standard InChI is InChI=1S/C11H12F3N3O3/c1-20-9-4-6(11(12,13)14)2-3-7(9)10(19)8(18)5-16-17-15/h2-4,8,10,18-19H,5H2,1H3. The molecule has 20 heavy (non-hydrogen) atoms. The van der Waals surface area contributed by atoms with E-state index in [-0.39, 0.29) is 11.3 Å². The van der Waals surface area contributed by atoms with Crippen molar-refractivity contribution in [3.63, 3.8) is 0 Å². The second kappa shape index (κ2) is 6.47. The van der Waals surface area contributed by atoms with E-state index in [4.69, 9.17) is 10.3 Å². The van der Waals surface area contributed by atoms with E-state index < -0.39 is 30.5 Å². The zero-order valence-electron chi connectivity index (χ0n) is 10.4. The van der Waals surface area contributed by atoms with E-state index in [0.29, 0.717) is 0 Å². The van der Waals surface area contributed by atoms with E-state index >= 15 is 0 Å². The molecule has 2 atom stereocenters. The Labute approximate surface area is 112 Å². The predicted molar refractivity (Wildman–Crippen MR) is 63.0 cm³/mol. The number of ether oxygens (including phenoxy) is 1. The summed E-state index contributed by atoms with van der Waals surface area (Å²) in [5.41, 5.74) is 7.15. The number of nitrogens with zero attached hydrogens (tertiary/aromatic N) is 3. The Balaban J connectivity index is 3.09. The van der Waals surface area contributed by atoms with Crippen LogP contribution in [0.25, 0.3) is 10.4 Å². The van der Waals surface area contributed by atoms with Crippen LogP contribution in [0.4, 0.5) is 13.2 Å². The highest BCUT2D eigenvalue weighted by Gasteiger charge is 2.32. The van der Waals surface area contributed by atoms with Gasteiger partial charge in [0.05, 0.1) is 25.3 Å². The number of aliphatic hydroxyl groups excluding tert-OH is 2. The molecule has 0 spiro atoms. The van der Waals surface area contributed by atoms with Gasteiger partial charge in [-0.25, -0.2) is 0 Å². The van der Waals surface area contributed by atoms with Gasteiger partial charge in [0.2, 0.25) is 0 Å². The third-order valence-corrected chi connectivity index (χ3v) is 2.58. The average molecular weight is 291 g/mol. The molecule has 0 saturated heterocycles. The van der Waals surface area contributed by atoms with Gasteiger partial charge in [-0.2, -0.15) is 13.2 Å². The molecule has 2 N–H and O–H groups in total. The van der Waals surface area contributed by atoms with Crippen LogP contribution in [0.2, 0.25) is 0 Å². The van der Waals surface area contributed by atoms with Gasteiger partial charge in [0.1, 0.15) is 11.9 Å². The Morgan fingerprint density at radius 1 is 1.40 bits per heavy atom. The van der Waals surface area contributed by atoms with Crippen molar-refractivity contribution in [3.05, 3.63) is 39.8 Å². The summed E-state index contributed by atoms with van der Waals surface area (Å²) in [6.45, 7) is -0.415. The SMILES string of the molecule is COc1cc(C(F)(F)F)ccc1C(O)C(O)CN=[N+]=[N-]. The highest BCUT2D eigenvalue weighted by Crippen LogP contribution is 2.35. The summed E-state index contributed by atoms with van der Waals surface area (Å²) in [4.78, 5) is 2.41. The molecular weight excluding hydrogens is 279 g/mol. The first-order valence-corrected chi connectivity index (χ1v) is 5.43. The smallest absolute Gasteiger partial charge is 0.416 e. The number of aliphatic hydroxyl groups is 2. The summed E-state index contributed by atoms with van der Waals surface area (Å²) >= 11 is 0. The molecule has 0 aliphatic carbocycles. The Hall–Kier alpha value is -1.96. The van der Waals surface area contributed by atoms with Crippen LogP contribution in [0.5, 0.6) is 5.75 Å². The zero-order chi connectivity index (χ0) is 15.3. The number of rotatable bonds is 5. The quantitative estimate of drug-likeness (QED) is 0.495. The fourth-order valence-corrected chi connectivity index (χ4v) is 1.56. The Bertz CT molecular complexity index is 515. The molecule has 1 aromatic carbocycles. The van der Waals surface area contributed by atoms with Crippen LogP contribution in [-0.2, 0) is 6.18 Å². The molecule has 9 heteroatoms. The largest absolute Gasteiger partial charge is 0.496 e. The van der Waals surface area contributed by atoms with E-state index in [0.717, 1.165) is 25.3 Å². The minimum atomic E-state index is -4.54. The molecule has 0 heterocycles.